The molecule has 82 valence electrons. The van der Waals surface area contributed by atoms with Crippen LogP contribution in [0, 0.1) is 0 Å². The molecule has 5 heteroatoms. The third-order valence-electron chi connectivity index (χ3n) is 2.94. The number of amides is 1. The van der Waals surface area contributed by atoms with Crippen molar-refractivity contribution >= 4 is 23.1 Å². The number of aromatic nitrogens is 2. The minimum atomic E-state index is 0.0623. The summed E-state index contributed by atoms with van der Waals surface area (Å²) in [7, 11) is 1.84. The van der Waals surface area contributed by atoms with Crippen LogP contribution in [0.3, 0.4) is 0 Å². The van der Waals surface area contributed by atoms with E-state index in [1.165, 1.54) is 5.56 Å². The summed E-state index contributed by atoms with van der Waals surface area (Å²) in [5.74, 6) is 1.04. The molecular weight excluding hydrogens is 222 g/mol. The second-order valence-corrected chi connectivity index (χ2v) is 4.71. The van der Waals surface area contributed by atoms with E-state index in [9.17, 15) is 4.79 Å². The van der Waals surface area contributed by atoms with Crippen LogP contribution in [-0.2, 0) is 11.8 Å². The summed E-state index contributed by atoms with van der Waals surface area (Å²) < 4.78 is 1.71. The van der Waals surface area contributed by atoms with Crippen molar-refractivity contribution in [3.63, 3.8) is 0 Å². The Balaban J connectivity index is 2.11. The van der Waals surface area contributed by atoms with E-state index in [1.54, 1.807) is 16.0 Å². The Labute approximate surface area is 96.9 Å². The predicted octanol–water partition coefficient (Wildman–Crippen LogP) is 1.96. The molecule has 3 rings (SSSR count). The van der Waals surface area contributed by atoms with E-state index in [2.05, 4.69) is 21.9 Å². The van der Waals surface area contributed by atoms with Gasteiger partial charge in [-0.3, -0.25) is 9.48 Å². The van der Waals surface area contributed by atoms with Crippen molar-refractivity contribution in [3.8, 4) is 0 Å². The SMILES string of the molecule is Cn1ncc2c1NC(=O)CC2c1ccsc1. The molecule has 2 aromatic heterocycles. The van der Waals surface area contributed by atoms with Crippen LogP contribution >= 0.6 is 11.3 Å². The number of aryl methyl sites for hydroxylation is 1. The molecule has 0 aliphatic carbocycles. The summed E-state index contributed by atoms with van der Waals surface area (Å²) in [5.41, 5.74) is 2.31. The highest BCUT2D eigenvalue weighted by Gasteiger charge is 2.29. The number of anilines is 1. The fraction of sp³-hybridized carbons (Fsp3) is 0.273. The van der Waals surface area contributed by atoms with Crippen LogP contribution in [0.15, 0.2) is 23.0 Å². The van der Waals surface area contributed by atoms with E-state index in [0.29, 0.717) is 6.42 Å². The maximum Gasteiger partial charge on any atom is 0.226 e. The van der Waals surface area contributed by atoms with Gasteiger partial charge in [-0.2, -0.15) is 16.4 Å². The second-order valence-electron chi connectivity index (χ2n) is 3.93. The lowest BCUT2D eigenvalue weighted by atomic mass is 9.89. The normalized spacial score (nSPS) is 19.3. The Morgan fingerprint density at radius 3 is 3.25 bits per heavy atom. The van der Waals surface area contributed by atoms with Crippen molar-refractivity contribution < 1.29 is 4.79 Å². The van der Waals surface area contributed by atoms with E-state index in [4.69, 9.17) is 0 Å². The predicted molar refractivity (Wildman–Crippen MR) is 62.6 cm³/mol. The molecule has 3 heterocycles. The lowest BCUT2D eigenvalue weighted by molar-refractivity contribution is -0.116. The largest absolute Gasteiger partial charge is 0.311 e. The number of thiophene rings is 1. The topological polar surface area (TPSA) is 46.9 Å². The van der Waals surface area contributed by atoms with Crippen molar-refractivity contribution in [2.75, 3.05) is 5.32 Å². The number of nitrogens with one attached hydrogen (secondary N) is 1. The molecule has 0 radical (unpaired) electrons. The zero-order valence-corrected chi connectivity index (χ0v) is 9.62. The molecule has 0 aromatic carbocycles. The average molecular weight is 233 g/mol. The first kappa shape index (κ1) is 9.59. The van der Waals surface area contributed by atoms with Crippen LogP contribution in [0.5, 0.6) is 0 Å². The zero-order valence-electron chi connectivity index (χ0n) is 8.80. The van der Waals surface area contributed by atoms with Gasteiger partial charge in [0.15, 0.2) is 0 Å². The third kappa shape index (κ3) is 1.36. The molecule has 2 aromatic rings. The Bertz CT molecular complexity index is 529. The van der Waals surface area contributed by atoms with Crippen molar-refractivity contribution in [1.82, 2.24) is 9.78 Å². The molecule has 1 amide bonds. The van der Waals surface area contributed by atoms with Gasteiger partial charge >= 0.3 is 0 Å². The molecule has 0 fully saturated rings. The van der Waals surface area contributed by atoms with Crippen LogP contribution in [0.4, 0.5) is 5.82 Å². The lowest BCUT2D eigenvalue weighted by Gasteiger charge is -2.22. The molecule has 0 bridgehead atoms. The molecular formula is C11H11N3OS. The minimum absolute atomic E-state index is 0.0623. The zero-order chi connectivity index (χ0) is 11.1. The van der Waals surface area contributed by atoms with E-state index in [-0.39, 0.29) is 11.8 Å². The fourth-order valence-electron chi connectivity index (χ4n) is 2.11. The third-order valence-corrected chi connectivity index (χ3v) is 3.64. The van der Waals surface area contributed by atoms with Crippen molar-refractivity contribution in [1.29, 1.82) is 0 Å². The first-order valence-electron chi connectivity index (χ1n) is 5.09. The minimum Gasteiger partial charge on any atom is -0.311 e. The van der Waals surface area contributed by atoms with Gasteiger partial charge in [-0.15, -0.1) is 0 Å². The molecule has 1 unspecified atom stereocenters. The highest BCUT2D eigenvalue weighted by Crippen LogP contribution is 2.37. The maximum absolute atomic E-state index is 11.6. The fourth-order valence-corrected chi connectivity index (χ4v) is 2.83. The van der Waals surface area contributed by atoms with Crippen LogP contribution in [0.25, 0.3) is 0 Å². The quantitative estimate of drug-likeness (QED) is 0.818. The van der Waals surface area contributed by atoms with Crippen LogP contribution in [-0.4, -0.2) is 15.7 Å². The summed E-state index contributed by atoms with van der Waals surface area (Å²) in [4.78, 5) is 11.6. The molecule has 1 aliphatic heterocycles. The number of hydrogen-bond donors (Lipinski definition) is 1. The number of hydrogen-bond acceptors (Lipinski definition) is 3. The maximum atomic E-state index is 11.6. The van der Waals surface area contributed by atoms with Gasteiger partial charge in [0.1, 0.15) is 5.82 Å². The molecule has 0 spiro atoms. The van der Waals surface area contributed by atoms with Gasteiger partial charge in [-0.25, -0.2) is 0 Å². The van der Waals surface area contributed by atoms with Crippen LogP contribution < -0.4 is 5.32 Å². The number of carbonyl (C=O) groups excluding carboxylic acids is 1. The molecule has 1 N–H and O–H groups in total. The summed E-state index contributed by atoms with van der Waals surface area (Å²) in [6.07, 6.45) is 2.35. The standard InChI is InChI=1S/C11H11N3OS/c1-14-11-9(5-12-14)8(4-10(15)13-11)7-2-3-16-6-7/h2-3,5-6,8H,4H2,1H3,(H,13,15). The molecule has 4 nitrogen and oxygen atoms in total. The van der Waals surface area contributed by atoms with Gasteiger partial charge in [-0.1, -0.05) is 0 Å². The number of rotatable bonds is 1. The summed E-state index contributed by atoms with van der Waals surface area (Å²) >= 11 is 1.66. The van der Waals surface area contributed by atoms with Crippen LogP contribution in [0.2, 0.25) is 0 Å². The Morgan fingerprint density at radius 2 is 2.50 bits per heavy atom. The van der Waals surface area contributed by atoms with Crippen molar-refractivity contribution in [2.45, 2.75) is 12.3 Å². The van der Waals surface area contributed by atoms with Gasteiger partial charge in [0.2, 0.25) is 5.91 Å². The van der Waals surface area contributed by atoms with E-state index in [0.717, 1.165) is 11.4 Å². The van der Waals surface area contributed by atoms with E-state index < -0.39 is 0 Å². The molecule has 1 atom stereocenters. The van der Waals surface area contributed by atoms with Gasteiger partial charge < -0.3 is 5.32 Å². The molecule has 0 saturated heterocycles. The monoisotopic (exact) mass is 233 g/mol. The Hall–Kier alpha value is -1.62. The van der Waals surface area contributed by atoms with Gasteiger partial charge in [0, 0.05) is 24.9 Å². The first-order valence-corrected chi connectivity index (χ1v) is 6.04. The van der Waals surface area contributed by atoms with Gasteiger partial charge in [0.05, 0.1) is 6.20 Å². The van der Waals surface area contributed by atoms with E-state index in [1.807, 2.05) is 18.6 Å². The van der Waals surface area contributed by atoms with E-state index >= 15 is 0 Å². The van der Waals surface area contributed by atoms with Crippen molar-refractivity contribution in [2.24, 2.45) is 7.05 Å². The Morgan fingerprint density at radius 1 is 1.62 bits per heavy atom. The summed E-state index contributed by atoms with van der Waals surface area (Å²) in [5, 5.41) is 11.2. The number of fused-ring (bicyclic) bond motifs is 1. The highest BCUT2D eigenvalue weighted by molar-refractivity contribution is 7.08. The van der Waals surface area contributed by atoms with Crippen LogP contribution in [0.1, 0.15) is 23.5 Å². The summed E-state index contributed by atoms with van der Waals surface area (Å²) in [6.45, 7) is 0. The van der Waals surface area contributed by atoms with Gasteiger partial charge in [0.25, 0.3) is 0 Å². The van der Waals surface area contributed by atoms with Crippen molar-refractivity contribution in [3.05, 3.63) is 34.2 Å². The average Bonchev–Trinajstić information content (AvgIpc) is 2.88. The second kappa shape index (κ2) is 3.45. The highest BCUT2D eigenvalue weighted by atomic mass is 32.1. The molecule has 0 saturated carbocycles. The first-order chi connectivity index (χ1) is 7.75. The number of carbonyl (C=O) groups is 1. The lowest BCUT2D eigenvalue weighted by Crippen LogP contribution is -2.24. The smallest absolute Gasteiger partial charge is 0.226 e. The summed E-state index contributed by atoms with van der Waals surface area (Å²) in [6, 6.07) is 2.07. The van der Waals surface area contributed by atoms with Gasteiger partial charge in [-0.05, 0) is 22.4 Å². The Kier molecular flexibility index (Phi) is 2.07. The number of nitrogens with zero attached hydrogens (tertiary/aromatic N) is 2. The molecule has 1 aliphatic rings. The molecule has 16 heavy (non-hydrogen) atoms.